The number of rotatable bonds is 34. The minimum Gasteiger partial charge on any atom is -0.372 e. The zero-order valence-electron chi connectivity index (χ0n) is 46.3. The van der Waals surface area contributed by atoms with Crippen LogP contribution in [0, 0.1) is 10.2 Å². The number of benzene rings is 5. The van der Waals surface area contributed by atoms with Crippen LogP contribution in [0.2, 0.25) is 0 Å². The van der Waals surface area contributed by atoms with E-state index in [-0.39, 0.29) is 0 Å². The molecule has 0 saturated carbocycles. The molecule has 0 unspecified atom stereocenters. The molecule has 0 aliphatic carbocycles. The number of hydrogen-bond donors (Lipinski definition) is 1. The number of unbranched alkanes of at least 4 members (excludes halogenated alkanes) is 8. The number of anilines is 10. The first kappa shape index (κ1) is 60.6. The molecule has 0 aromatic heterocycles. The average molecular weight is 1020 g/mol. The molecule has 0 fully saturated rings. The molecule has 5 rings (SSSR count). The van der Waals surface area contributed by atoms with Crippen molar-refractivity contribution in [1.82, 2.24) is 0 Å². The van der Waals surface area contributed by atoms with Crippen molar-refractivity contribution in [3.05, 3.63) is 121 Å². The molecule has 10 nitrogen and oxygen atoms in total. The van der Waals surface area contributed by atoms with Crippen LogP contribution in [0.3, 0.4) is 0 Å². The van der Waals surface area contributed by atoms with Crippen molar-refractivity contribution in [2.45, 2.75) is 158 Å². The first-order valence-corrected chi connectivity index (χ1v) is 29.4. The van der Waals surface area contributed by atoms with Crippen molar-refractivity contribution in [3.63, 3.8) is 0 Å². The van der Waals surface area contributed by atoms with Crippen LogP contribution in [0.25, 0.3) is 0 Å². The van der Waals surface area contributed by atoms with Gasteiger partial charge in [-0.2, -0.15) is 14.0 Å². The van der Waals surface area contributed by atoms with Gasteiger partial charge < -0.3 is 29.4 Å². The number of hydrogen-bond acceptors (Lipinski definition) is 10. The van der Waals surface area contributed by atoms with E-state index < -0.39 is 10.2 Å². The molecule has 1 N–H and O–H groups in total. The average Bonchev–Trinajstić information content (AvgIpc) is 3.40. The second kappa shape index (κ2) is 33.8. The summed E-state index contributed by atoms with van der Waals surface area (Å²) in [5.74, 6) is 0. The molecule has 0 bridgehead atoms. The molecule has 0 atom stereocenters. The van der Waals surface area contributed by atoms with Gasteiger partial charge in [-0.3, -0.25) is 0 Å². The Kier molecular flexibility index (Phi) is 28.0. The van der Waals surface area contributed by atoms with E-state index in [0.29, 0.717) is 0 Å². The molecule has 5 aromatic rings. The van der Waals surface area contributed by atoms with E-state index in [9.17, 15) is 0 Å². The number of nitrogens with zero attached hydrogens (tertiary/aromatic N) is 6. The zero-order valence-corrected chi connectivity index (χ0v) is 47.0. The summed E-state index contributed by atoms with van der Waals surface area (Å²) in [6.07, 6.45) is 19.2. The van der Waals surface area contributed by atoms with E-state index in [1.54, 1.807) is 0 Å². The zero-order chi connectivity index (χ0) is 52.9. The summed E-state index contributed by atoms with van der Waals surface area (Å²) in [4.78, 5) is 15.4. The van der Waals surface area contributed by atoms with Gasteiger partial charge in [0.25, 0.3) is 0 Å². The Balaban J connectivity index is 0.00000220. The van der Waals surface area contributed by atoms with Gasteiger partial charge in [0.2, 0.25) is 0 Å². The molecule has 402 valence electrons. The quantitative estimate of drug-likeness (QED) is 0.0428. The van der Waals surface area contributed by atoms with Crippen molar-refractivity contribution in [2.75, 3.05) is 81.8 Å². The molecule has 0 amide bonds. The molecule has 0 radical (unpaired) electrons. The summed E-state index contributed by atoms with van der Waals surface area (Å²) in [6.45, 7) is 27.1. The molecule has 11 heteroatoms. The molecule has 0 spiro atoms. The fourth-order valence-electron chi connectivity index (χ4n) is 9.22. The van der Waals surface area contributed by atoms with Crippen LogP contribution in [-0.2, 0) is 0 Å². The van der Waals surface area contributed by atoms with Crippen LogP contribution in [0.15, 0.2) is 121 Å². The Morgan fingerprint density at radius 2 is 0.438 bits per heavy atom. The Labute approximate surface area is 445 Å². The lowest BCUT2D eigenvalue weighted by atomic mass is 10.1. The maximum absolute atomic E-state index is 8.60. The van der Waals surface area contributed by atoms with Crippen LogP contribution in [0.4, 0.5) is 56.9 Å². The highest BCUT2D eigenvalue weighted by Crippen LogP contribution is 2.46. The highest BCUT2D eigenvalue weighted by Gasteiger charge is 2.24. The summed E-state index contributed by atoms with van der Waals surface area (Å²) < 4.78 is 32.7. The van der Waals surface area contributed by atoms with Gasteiger partial charge >= 0.3 is 0 Å². The minimum absolute atomic E-state index is 1.09. The van der Waals surface area contributed by atoms with E-state index in [1.807, 2.05) is 0 Å². The van der Waals surface area contributed by atoms with Crippen LogP contribution < -0.4 is 43.4 Å². The summed E-state index contributed by atoms with van der Waals surface area (Å²) in [5.41, 5.74) is 12.1. The van der Waals surface area contributed by atoms with E-state index in [0.717, 1.165) is 86.5 Å². The maximum Gasteiger partial charge on any atom is 0.0777 e. The predicted octanol–water partition coefficient (Wildman–Crippen LogP) is 14.1. The second-order valence-electron chi connectivity index (χ2n) is 19.4. The molecule has 5 aromatic carbocycles. The van der Waals surface area contributed by atoms with Crippen LogP contribution in [0.1, 0.15) is 158 Å². The van der Waals surface area contributed by atoms with Gasteiger partial charge in [-0.05, 0) is 161 Å². The summed E-state index contributed by atoms with van der Waals surface area (Å²) in [6, 6.07) is 46.8. The normalized spacial score (nSPS) is 11.2. The van der Waals surface area contributed by atoms with Crippen LogP contribution >= 0.6 is 0 Å². The topological polar surface area (TPSA) is 109 Å². The van der Waals surface area contributed by atoms with E-state index in [1.165, 1.54) is 125 Å². The Morgan fingerprint density at radius 3 is 0.589 bits per heavy atom. The van der Waals surface area contributed by atoms with E-state index in [2.05, 4.69) is 206 Å². The smallest absolute Gasteiger partial charge is 0.0777 e. The first-order chi connectivity index (χ1) is 35.4. The van der Waals surface area contributed by atoms with Gasteiger partial charge in [0.1, 0.15) is 0 Å². The molecule has 0 saturated heterocycles. The van der Waals surface area contributed by atoms with Crippen LogP contribution in [-0.4, -0.2) is 57.0 Å². The molecular weight excluding hydrogens is 928 g/mol. The lowest BCUT2D eigenvalue weighted by Crippen LogP contribution is -2.58. The van der Waals surface area contributed by atoms with Gasteiger partial charge in [0.15, 0.2) is 0 Å². The second-order valence-corrected chi connectivity index (χ2v) is 20.2. The number of para-hydroxylation sites is 2. The lowest BCUT2D eigenvalue weighted by molar-refractivity contribution is -1.92. The van der Waals surface area contributed by atoms with Crippen molar-refractivity contribution in [2.24, 2.45) is 0 Å². The predicted molar refractivity (Wildman–Crippen MR) is 306 cm³/mol. The Hall–Kier alpha value is -4.97. The fraction of sp³-hybridized carbons (Fsp3) is 0.516. The molecule has 73 heavy (non-hydrogen) atoms. The summed E-state index contributed by atoms with van der Waals surface area (Å²) in [7, 11) is -4.69. The molecule has 0 aliphatic heterocycles. The molecular formula is C62H93ClN6O4. The summed E-state index contributed by atoms with van der Waals surface area (Å²) in [5, 5.41) is 0. The Bertz CT molecular complexity index is 1870. The van der Waals surface area contributed by atoms with E-state index >= 15 is 0 Å². The van der Waals surface area contributed by atoms with Gasteiger partial charge in [-0.25, -0.2) is 0 Å². The maximum atomic E-state index is 8.60. The van der Waals surface area contributed by atoms with Gasteiger partial charge in [-0.1, -0.05) is 119 Å². The summed E-state index contributed by atoms with van der Waals surface area (Å²) >= 11 is 0. The van der Waals surface area contributed by atoms with Crippen molar-refractivity contribution < 1.29 is 28.9 Å². The van der Waals surface area contributed by atoms with Crippen molar-refractivity contribution in [3.8, 4) is 0 Å². The lowest BCUT2D eigenvalue weighted by Gasteiger charge is -2.34. The minimum atomic E-state index is -4.69. The molecule has 0 heterocycles. The van der Waals surface area contributed by atoms with Gasteiger partial charge in [-0.15, -0.1) is 0 Å². The fourth-order valence-corrected chi connectivity index (χ4v) is 9.22. The third-order valence-electron chi connectivity index (χ3n) is 13.5. The van der Waals surface area contributed by atoms with Crippen molar-refractivity contribution >= 4 is 56.9 Å². The highest BCUT2D eigenvalue weighted by molar-refractivity contribution is 5.92. The first-order valence-electron chi connectivity index (χ1n) is 28.2. The SMILES string of the molecule is CCCCN(CCCC)c1ccc(N(c2ccc(N(CCCC)CCCC)cc2)c2ccccc2N(c2ccc(N(CCCC)CCCC)cc2)c2ccc(N(CCCC)CCCC)cc2)cc1.[O-][Cl+3]([O-])([O-])O. The van der Waals surface area contributed by atoms with Gasteiger partial charge in [0.05, 0.1) is 26.3 Å². The Morgan fingerprint density at radius 1 is 0.288 bits per heavy atom. The largest absolute Gasteiger partial charge is 0.372 e. The third kappa shape index (κ3) is 20.3. The highest BCUT2D eigenvalue weighted by atomic mass is 35.7. The van der Waals surface area contributed by atoms with E-state index in [4.69, 9.17) is 18.6 Å². The third-order valence-corrected chi connectivity index (χ3v) is 13.5. The monoisotopic (exact) mass is 1020 g/mol. The van der Waals surface area contributed by atoms with Crippen LogP contribution in [0.5, 0.6) is 0 Å². The standard InChI is InChI=1S/C62H92N6.ClHO4/c1-9-17-45-63(46-18-10-2)53-29-37-57(38-30-53)67(58-39-31-54(32-40-58)64(47-19-11-3)48-20-12-4)61-27-25-26-28-62(61)68(59-41-33-55(34-42-59)65(49-21-13-5)50-22-14-6)60-43-35-56(36-44-60)66(51-23-15-7)52-24-16-8;2-1(3,4)5/h25-44H,9-24,45-52H2,1-8H3;(H,2,3,4,5). The van der Waals surface area contributed by atoms with Gasteiger partial charge in [0, 0.05) is 97.9 Å². The molecule has 0 aliphatic rings. The number of halogens is 1. The van der Waals surface area contributed by atoms with Crippen molar-refractivity contribution in [1.29, 1.82) is 0 Å².